The van der Waals surface area contributed by atoms with E-state index < -0.39 is 17.6 Å². The molecule has 0 heterocycles. The molecule has 31 heavy (non-hydrogen) atoms. The maximum atomic E-state index is 13.1. The van der Waals surface area contributed by atoms with Gasteiger partial charge in [-0.15, -0.1) is 0 Å². The zero-order valence-corrected chi connectivity index (χ0v) is 19.3. The second-order valence-electron chi connectivity index (χ2n) is 8.40. The molecule has 1 amide bonds. The SMILES string of the molecule is COc1ccc(CCC(=O)O[C@H](C)C(=O)N(Cc2ccccc2)C(C)(C)C)cc1OC. The van der Waals surface area contributed by atoms with Gasteiger partial charge in [-0.1, -0.05) is 36.4 Å². The average Bonchev–Trinajstić information content (AvgIpc) is 2.75. The van der Waals surface area contributed by atoms with Crippen molar-refractivity contribution < 1.29 is 23.8 Å². The molecule has 0 fully saturated rings. The summed E-state index contributed by atoms with van der Waals surface area (Å²) in [6.45, 7) is 8.00. The highest BCUT2D eigenvalue weighted by Gasteiger charge is 2.31. The predicted molar refractivity (Wildman–Crippen MR) is 120 cm³/mol. The highest BCUT2D eigenvalue weighted by molar-refractivity contribution is 5.84. The van der Waals surface area contributed by atoms with Gasteiger partial charge in [-0.25, -0.2) is 0 Å². The number of aryl methyl sites for hydroxylation is 1. The lowest BCUT2D eigenvalue weighted by Crippen LogP contribution is -2.49. The number of methoxy groups -OCH3 is 2. The minimum atomic E-state index is -0.860. The van der Waals surface area contributed by atoms with E-state index in [1.165, 1.54) is 0 Å². The van der Waals surface area contributed by atoms with Crippen LogP contribution in [0, 0.1) is 0 Å². The number of esters is 1. The Balaban J connectivity index is 1.97. The summed E-state index contributed by atoms with van der Waals surface area (Å²) in [5.41, 5.74) is 1.54. The topological polar surface area (TPSA) is 65.1 Å². The van der Waals surface area contributed by atoms with Gasteiger partial charge in [0.15, 0.2) is 17.6 Å². The number of benzene rings is 2. The number of hydrogen-bond acceptors (Lipinski definition) is 5. The first-order valence-electron chi connectivity index (χ1n) is 10.4. The van der Waals surface area contributed by atoms with Crippen LogP contribution in [0.2, 0.25) is 0 Å². The quantitative estimate of drug-likeness (QED) is 0.555. The van der Waals surface area contributed by atoms with E-state index in [0.717, 1.165) is 11.1 Å². The molecule has 2 rings (SSSR count). The minimum Gasteiger partial charge on any atom is -0.493 e. The van der Waals surface area contributed by atoms with E-state index in [1.54, 1.807) is 32.1 Å². The molecule has 0 N–H and O–H groups in total. The van der Waals surface area contributed by atoms with Crippen molar-refractivity contribution in [3.8, 4) is 11.5 Å². The van der Waals surface area contributed by atoms with Crippen LogP contribution < -0.4 is 9.47 Å². The molecule has 6 heteroatoms. The van der Waals surface area contributed by atoms with Crippen LogP contribution in [0.5, 0.6) is 11.5 Å². The van der Waals surface area contributed by atoms with E-state index >= 15 is 0 Å². The van der Waals surface area contributed by atoms with Crippen molar-refractivity contribution in [3.05, 3.63) is 59.7 Å². The Bertz CT molecular complexity index is 873. The molecule has 0 aromatic heterocycles. The van der Waals surface area contributed by atoms with E-state index in [0.29, 0.717) is 24.5 Å². The lowest BCUT2D eigenvalue weighted by molar-refractivity contribution is -0.162. The largest absolute Gasteiger partial charge is 0.493 e. The van der Waals surface area contributed by atoms with E-state index in [2.05, 4.69) is 0 Å². The minimum absolute atomic E-state index is 0.168. The van der Waals surface area contributed by atoms with E-state index in [-0.39, 0.29) is 12.3 Å². The van der Waals surface area contributed by atoms with Crippen LogP contribution in [0.15, 0.2) is 48.5 Å². The highest BCUT2D eigenvalue weighted by Crippen LogP contribution is 2.28. The smallest absolute Gasteiger partial charge is 0.306 e. The summed E-state index contributed by atoms with van der Waals surface area (Å²) >= 11 is 0. The van der Waals surface area contributed by atoms with Crippen molar-refractivity contribution in [3.63, 3.8) is 0 Å². The zero-order valence-electron chi connectivity index (χ0n) is 19.3. The molecule has 0 saturated carbocycles. The molecule has 0 bridgehead atoms. The molecule has 2 aromatic carbocycles. The van der Waals surface area contributed by atoms with Crippen molar-refractivity contribution >= 4 is 11.9 Å². The van der Waals surface area contributed by atoms with Gasteiger partial charge in [0.25, 0.3) is 5.91 Å². The van der Waals surface area contributed by atoms with Gasteiger partial charge in [0.1, 0.15) is 0 Å². The van der Waals surface area contributed by atoms with Crippen molar-refractivity contribution in [1.29, 1.82) is 0 Å². The molecule has 6 nitrogen and oxygen atoms in total. The van der Waals surface area contributed by atoms with Crippen molar-refractivity contribution in [1.82, 2.24) is 4.90 Å². The first-order chi connectivity index (χ1) is 14.7. The first-order valence-corrected chi connectivity index (χ1v) is 10.4. The van der Waals surface area contributed by atoms with Crippen molar-refractivity contribution in [2.24, 2.45) is 0 Å². The maximum absolute atomic E-state index is 13.1. The molecule has 1 atom stereocenters. The Labute approximate surface area is 185 Å². The summed E-state index contributed by atoms with van der Waals surface area (Å²) in [4.78, 5) is 27.2. The molecule has 0 saturated heterocycles. The van der Waals surface area contributed by atoms with E-state index in [1.807, 2.05) is 63.2 Å². The standard InChI is InChI=1S/C25H33NO5/c1-18(24(28)26(25(2,3)4)17-20-10-8-7-9-11-20)31-23(27)15-13-19-12-14-21(29-5)22(16-19)30-6/h7-12,14,16,18H,13,15,17H2,1-6H3/t18-/m1/s1. The van der Waals surface area contributed by atoms with Crippen LogP contribution in [0.3, 0.4) is 0 Å². The fourth-order valence-electron chi connectivity index (χ4n) is 3.22. The zero-order chi connectivity index (χ0) is 23.0. The van der Waals surface area contributed by atoms with E-state index in [9.17, 15) is 9.59 Å². The van der Waals surface area contributed by atoms with Gasteiger partial charge in [-0.2, -0.15) is 0 Å². The van der Waals surface area contributed by atoms with Crippen LogP contribution in [0.1, 0.15) is 45.2 Å². The Morgan fingerprint density at radius 2 is 1.58 bits per heavy atom. The second kappa shape index (κ2) is 10.8. The molecule has 0 aliphatic rings. The molecule has 0 unspecified atom stereocenters. The van der Waals surface area contributed by atoms with Crippen molar-refractivity contribution in [2.75, 3.05) is 14.2 Å². The van der Waals surface area contributed by atoms with E-state index in [4.69, 9.17) is 14.2 Å². The summed E-state index contributed by atoms with van der Waals surface area (Å²) in [7, 11) is 3.14. The normalized spacial score (nSPS) is 12.1. The Hall–Kier alpha value is -3.02. The molecular formula is C25H33NO5. The number of ether oxygens (including phenoxy) is 3. The number of nitrogens with zero attached hydrogens (tertiary/aromatic N) is 1. The van der Waals surface area contributed by atoms with Crippen LogP contribution in [0.4, 0.5) is 0 Å². The average molecular weight is 428 g/mol. The van der Waals surface area contributed by atoms with Gasteiger partial charge >= 0.3 is 5.97 Å². The third kappa shape index (κ3) is 7.02. The number of amides is 1. The number of rotatable bonds is 9. The molecule has 0 spiro atoms. The lowest BCUT2D eigenvalue weighted by Gasteiger charge is -2.37. The predicted octanol–water partition coefficient (Wildman–Crippen LogP) is 4.40. The monoisotopic (exact) mass is 427 g/mol. The van der Waals surface area contributed by atoms with Crippen LogP contribution in [-0.4, -0.2) is 42.6 Å². The highest BCUT2D eigenvalue weighted by atomic mass is 16.5. The van der Waals surface area contributed by atoms with Gasteiger partial charge in [-0.3, -0.25) is 9.59 Å². The van der Waals surface area contributed by atoms with Crippen LogP contribution in [0.25, 0.3) is 0 Å². The number of carbonyl (C=O) groups excluding carboxylic acids is 2. The Kier molecular flexibility index (Phi) is 8.48. The molecule has 0 radical (unpaired) electrons. The van der Waals surface area contributed by atoms with Gasteiger partial charge in [0.05, 0.1) is 14.2 Å². The fourth-order valence-corrected chi connectivity index (χ4v) is 3.22. The molecule has 168 valence electrons. The summed E-state index contributed by atoms with van der Waals surface area (Å²) in [6, 6.07) is 15.3. The summed E-state index contributed by atoms with van der Waals surface area (Å²) in [5.74, 6) is 0.618. The van der Waals surface area contributed by atoms with Gasteiger partial charge in [0, 0.05) is 18.5 Å². The van der Waals surface area contributed by atoms with Crippen molar-refractivity contribution in [2.45, 2.75) is 58.7 Å². The number of hydrogen-bond donors (Lipinski definition) is 0. The Morgan fingerprint density at radius 1 is 0.935 bits per heavy atom. The summed E-state index contributed by atoms with van der Waals surface area (Å²) < 4.78 is 16.0. The molecule has 0 aliphatic heterocycles. The van der Waals surface area contributed by atoms with Gasteiger partial charge < -0.3 is 19.1 Å². The lowest BCUT2D eigenvalue weighted by atomic mass is 10.0. The van der Waals surface area contributed by atoms with Crippen LogP contribution in [-0.2, 0) is 27.3 Å². The maximum Gasteiger partial charge on any atom is 0.306 e. The third-order valence-electron chi connectivity index (χ3n) is 4.98. The van der Waals surface area contributed by atoms with Gasteiger partial charge in [-0.05, 0) is 57.4 Å². The second-order valence-corrected chi connectivity index (χ2v) is 8.40. The molecule has 0 aliphatic carbocycles. The summed E-state index contributed by atoms with van der Waals surface area (Å²) in [5, 5.41) is 0. The number of carbonyl (C=O) groups is 2. The van der Waals surface area contributed by atoms with Crippen LogP contribution >= 0.6 is 0 Å². The third-order valence-corrected chi connectivity index (χ3v) is 4.98. The Morgan fingerprint density at radius 3 is 2.16 bits per heavy atom. The molecular weight excluding hydrogens is 394 g/mol. The molecule has 2 aromatic rings. The fraction of sp³-hybridized carbons (Fsp3) is 0.440. The summed E-state index contributed by atoms with van der Waals surface area (Å²) in [6.07, 6.45) is -0.213. The first kappa shape index (κ1) is 24.3. The van der Waals surface area contributed by atoms with Gasteiger partial charge in [0.2, 0.25) is 0 Å².